The third-order valence-corrected chi connectivity index (χ3v) is 3.43. The minimum absolute atomic E-state index is 0.481. The summed E-state index contributed by atoms with van der Waals surface area (Å²) in [7, 11) is 0. The molecular weight excluding hydrogens is 292 g/mol. The number of aryl methyl sites for hydroxylation is 1. The molecule has 7 heteroatoms. The minimum atomic E-state index is 0.481. The Morgan fingerprint density at radius 1 is 1.24 bits per heavy atom. The number of nitrogen functional groups attached to an aromatic ring is 1. The van der Waals surface area contributed by atoms with Gasteiger partial charge < -0.3 is 14.9 Å². The number of hydrogen-bond acceptors (Lipinski definition) is 6. The van der Waals surface area contributed by atoms with E-state index in [0.29, 0.717) is 41.4 Å². The fourth-order valence-corrected chi connectivity index (χ4v) is 2.39. The number of halogens is 1. The van der Waals surface area contributed by atoms with Crippen LogP contribution >= 0.6 is 11.6 Å². The zero-order chi connectivity index (χ0) is 14.8. The van der Waals surface area contributed by atoms with Crippen LogP contribution in [-0.4, -0.2) is 23.2 Å². The molecule has 1 aromatic carbocycles. The Morgan fingerprint density at radius 3 is 2.81 bits per heavy atom. The van der Waals surface area contributed by atoms with E-state index in [1.165, 1.54) is 0 Å². The number of nitrogens with one attached hydrogen (secondary N) is 1. The van der Waals surface area contributed by atoms with Crippen molar-refractivity contribution >= 4 is 17.4 Å². The van der Waals surface area contributed by atoms with Crippen LogP contribution in [0, 0.1) is 0 Å². The molecule has 0 amide bonds. The van der Waals surface area contributed by atoms with Crippen LogP contribution in [-0.2, 0) is 6.42 Å². The van der Waals surface area contributed by atoms with Gasteiger partial charge in [0.2, 0.25) is 0 Å². The van der Waals surface area contributed by atoms with Crippen LogP contribution < -0.4 is 20.7 Å². The van der Waals surface area contributed by atoms with Gasteiger partial charge in [-0.3, -0.25) is 0 Å². The van der Waals surface area contributed by atoms with Gasteiger partial charge in [0.05, 0.1) is 5.02 Å². The summed E-state index contributed by atoms with van der Waals surface area (Å²) in [6.07, 6.45) is 0.780. The maximum Gasteiger partial charge on any atom is 0.179 e. The van der Waals surface area contributed by atoms with Gasteiger partial charge >= 0.3 is 0 Å². The number of hydrogen-bond donors (Lipinski definition) is 2. The van der Waals surface area contributed by atoms with Crippen molar-refractivity contribution in [2.45, 2.75) is 13.3 Å². The fraction of sp³-hybridized carbons (Fsp3) is 0.286. The van der Waals surface area contributed by atoms with Crippen LogP contribution in [0.2, 0.25) is 5.02 Å². The van der Waals surface area contributed by atoms with Gasteiger partial charge in [-0.15, -0.1) is 0 Å². The molecule has 21 heavy (non-hydrogen) atoms. The molecule has 0 unspecified atom stereocenters. The number of aromatic nitrogens is 2. The van der Waals surface area contributed by atoms with Crippen molar-refractivity contribution in [3.63, 3.8) is 0 Å². The van der Waals surface area contributed by atoms with Crippen LogP contribution in [0.5, 0.6) is 11.5 Å². The van der Waals surface area contributed by atoms with E-state index >= 15 is 0 Å². The third kappa shape index (κ3) is 2.72. The van der Waals surface area contributed by atoms with E-state index in [4.69, 9.17) is 26.9 Å². The number of benzene rings is 1. The Bertz CT molecular complexity index is 656. The third-order valence-electron chi connectivity index (χ3n) is 3.14. The first-order chi connectivity index (χ1) is 10.2. The van der Waals surface area contributed by atoms with Gasteiger partial charge in [0, 0.05) is 17.3 Å². The second-order valence-corrected chi connectivity index (χ2v) is 4.96. The highest BCUT2D eigenvalue weighted by Gasteiger charge is 2.18. The van der Waals surface area contributed by atoms with Crippen molar-refractivity contribution in [1.82, 2.24) is 9.97 Å². The molecule has 3 N–H and O–H groups in total. The Balaban J connectivity index is 2.10. The van der Waals surface area contributed by atoms with Gasteiger partial charge in [-0.25, -0.2) is 15.8 Å². The normalized spacial score (nSPS) is 13.1. The average Bonchev–Trinajstić information content (AvgIpc) is 2.54. The summed E-state index contributed by atoms with van der Waals surface area (Å²) in [4.78, 5) is 8.86. The number of anilines is 1. The topological polar surface area (TPSA) is 82.3 Å². The SMILES string of the molecule is CCc1cc(NN)nc(-c2cc(Cl)c3c(c2)OCCO3)n1. The largest absolute Gasteiger partial charge is 0.486 e. The Labute approximate surface area is 127 Å². The molecule has 2 heterocycles. The number of rotatable bonds is 3. The second kappa shape index (κ2) is 5.75. The van der Waals surface area contributed by atoms with E-state index < -0.39 is 0 Å². The lowest BCUT2D eigenvalue weighted by Gasteiger charge is -2.20. The van der Waals surface area contributed by atoms with Crippen molar-refractivity contribution in [2.75, 3.05) is 18.6 Å². The molecule has 1 aliphatic heterocycles. The van der Waals surface area contributed by atoms with Gasteiger partial charge in [0.25, 0.3) is 0 Å². The Morgan fingerprint density at radius 2 is 2.05 bits per heavy atom. The maximum absolute atomic E-state index is 6.24. The van der Waals surface area contributed by atoms with Gasteiger partial charge in [0.1, 0.15) is 19.0 Å². The van der Waals surface area contributed by atoms with E-state index in [9.17, 15) is 0 Å². The molecule has 0 saturated heterocycles. The highest BCUT2D eigenvalue weighted by atomic mass is 35.5. The monoisotopic (exact) mass is 306 g/mol. The first-order valence-corrected chi connectivity index (χ1v) is 7.03. The zero-order valence-electron chi connectivity index (χ0n) is 11.5. The Hall–Kier alpha value is -2.05. The molecule has 1 aromatic heterocycles. The molecule has 0 fully saturated rings. The number of nitrogens with zero attached hydrogens (tertiary/aromatic N) is 2. The summed E-state index contributed by atoms with van der Waals surface area (Å²) >= 11 is 6.24. The highest BCUT2D eigenvalue weighted by Crippen LogP contribution is 2.40. The summed E-state index contributed by atoms with van der Waals surface area (Å²) in [6, 6.07) is 5.41. The van der Waals surface area contributed by atoms with E-state index in [1.807, 2.05) is 19.1 Å². The van der Waals surface area contributed by atoms with E-state index in [1.54, 1.807) is 6.07 Å². The number of hydrazine groups is 1. The summed E-state index contributed by atoms with van der Waals surface area (Å²) < 4.78 is 11.1. The predicted molar refractivity (Wildman–Crippen MR) is 80.7 cm³/mol. The summed E-state index contributed by atoms with van der Waals surface area (Å²) in [5.74, 6) is 7.72. The molecule has 1 aliphatic rings. The lowest BCUT2D eigenvalue weighted by molar-refractivity contribution is 0.172. The molecule has 0 bridgehead atoms. The van der Waals surface area contributed by atoms with Gasteiger partial charge in [0.15, 0.2) is 17.3 Å². The first-order valence-electron chi connectivity index (χ1n) is 6.65. The average molecular weight is 307 g/mol. The molecule has 110 valence electrons. The van der Waals surface area contributed by atoms with E-state index in [-0.39, 0.29) is 0 Å². The summed E-state index contributed by atoms with van der Waals surface area (Å²) in [6.45, 7) is 3.01. The van der Waals surface area contributed by atoms with Crippen molar-refractivity contribution < 1.29 is 9.47 Å². The summed E-state index contributed by atoms with van der Waals surface area (Å²) in [5, 5.41) is 0.481. The van der Waals surface area contributed by atoms with E-state index in [2.05, 4.69) is 15.4 Å². The Kier molecular flexibility index (Phi) is 3.81. The molecular formula is C14H15ClN4O2. The lowest BCUT2D eigenvalue weighted by atomic mass is 10.1. The molecule has 3 rings (SSSR count). The first kappa shape index (κ1) is 13.9. The molecule has 0 radical (unpaired) electrons. The highest BCUT2D eigenvalue weighted by molar-refractivity contribution is 6.32. The van der Waals surface area contributed by atoms with Gasteiger partial charge in [-0.1, -0.05) is 18.5 Å². The standard InChI is InChI=1S/C14H15ClN4O2/c1-2-9-7-12(19-16)18-14(17-9)8-5-10(15)13-11(6-8)20-3-4-21-13/h5-7H,2-4,16H2,1H3,(H,17,18,19). The van der Waals surface area contributed by atoms with Crippen molar-refractivity contribution in [3.05, 3.63) is 28.9 Å². The van der Waals surface area contributed by atoms with Crippen molar-refractivity contribution in [3.8, 4) is 22.9 Å². The van der Waals surface area contributed by atoms with Crippen LogP contribution in [0.1, 0.15) is 12.6 Å². The maximum atomic E-state index is 6.24. The van der Waals surface area contributed by atoms with Crippen LogP contribution in [0.3, 0.4) is 0 Å². The van der Waals surface area contributed by atoms with Crippen molar-refractivity contribution in [2.24, 2.45) is 5.84 Å². The molecule has 6 nitrogen and oxygen atoms in total. The van der Waals surface area contributed by atoms with Crippen molar-refractivity contribution in [1.29, 1.82) is 0 Å². The number of fused-ring (bicyclic) bond motifs is 1. The second-order valence-electron chi connectivity index (χ2n) is 4.55. The quantitative estimate of drug-likeness (QED) is 0.669. The molecule has 2 aromatic rings. The van der Waals surface area contributed by atoms with Crippen LogP contribution in [0.25, 0.3) is 11.4 Å². The smallest absolute Gasteiger partial charge is 0.179 e. The van der Waals surface area contributed by atoms with Crippen LogP contribution in [0.4, 0.5) is 5.82 Å². The van der Waals surface area contributed by atoms with Gasteiger partial charge in [-0.2, -0.15) is 0 Å². The molecule has 0 aliphatic carbocycles. The molecule has 0 saturated carbocycles. The van der Waals surface area contributed by atoms with Gasteiger partial charge in [-0.05, 0) is 18.6 Å². The minimum Gasteiger partial charge on any atom is -0.486 e. The number of nitrogens with two attached hydrogens (primary N) is 1. The number of ether oxygens (including phenoxy) is 2. The lowest BCUT2D eigenvalue weighted by Crippen LogP contribution is -2.15. The molecule has 0 spiro atoms. The van der Waals surface area contributed by atoms with E-state index in [0.717, 1.165) is 17.7 Å². The van der Waals surface area contributed by atoms with Crippen LogP contribution in [0.15, 0.2) is 18.2 Å². The summed E-state index contributed by atoms with van der Waals surface area (Å²) in [5.41, 5.74) is 4.20. The molecule has 0 atom stereocenters. The zero-order valence-corrected chi connectivity index (χ0v) is 12.3. The predicted octanol–water partition coefficient (Wildman–Crippen LogP) is 2.42. The fourth-order valence-electron chi connectivity index (χ4n) is 2.12.